The van der Waals surface area contributed by atoms with Gasteiger partial charge in [-0.05, 0) is 38.2 Å². The molecule has 0 spiro atoms. The van der Waals surface area contributed by atoms with Crippen LogP contribution in [0.2, 0.25) is 19.6 Å². The number of amides is 1. The van der Waals surface area contributed by atoms with E-state index >= 15 is 0 Å². The number of ether oxygens (including phenoxy) is 2. The second kappa shape index (κ2) is 7.35. The van der Waals surface area contributed by atoms with Crippen molar-refractivity contribution in [3.05, 3.63) is 48.2 Å². The van der Waals surface area contributed by atoms with Crippen LogP contribution < -0.4 is 0 Å². The van der Waals surface area contributed by atoms with E-state index in [1.807, 2.05) is 50.0 Å². The van der Waals surface area contributed by atoms with Gasteiger partial charge < -0.3 is 18.8 Å². The standard InChI is InChI=1S/C22H29NO6Si/c1-7-28-19(26)21-15-20(13-14-27-3,29-30(4,5)6)22(21,16-11-9-8-10-12-16)23(2)18(25)17(21)24/h8-14H,7,15H2,1-6H3/b14-13+/t20-,21-,22-/m0/s1. The average Bonchev–Trinajstić information content (AvgIpc) is 2.81. The molecule has 3 rings (SSSR count). The predicted octanol–water partition coefficient (Wildman–Crippen LogP) is 2.63. The van der Waals surface area contributed by atoms with Crippen LogP contribution in [0.3, 0.4) is 0 Å². The summed E-state index contributed by atoms with van der Waals surface area (Å²) in [5.74, 6) is -2.18. The lowest BCUT2D eigenvalue weighted by Gasteiger charge is -2.66. The number of benzene rings is 1. The molecule has 1 aromatic rings. The molecule has 7 nitrogen and oxygen atoms in total. The number of carbonyl (C=O) groups is 3. The third kappa shape index (κ3) is 2.70. The smallest absolute Gasteiger partial charge is 0.323 e. The second-order valence-corrected chi connectivity index (χ2v) is 13.1. The summed E-state index contributed by atoms with van der Waals surface area (Å²) in [5, 5.41) is 0. The van der Waals surface area contributed by atoms with E-state index in [1.165, 1.54) is 18.3 Å². The van der Waals surface area contributed by atoms with Crippen molar-refractivity contribution in [2.75, 3.05) is 20.8 Å². The van der Waals surface area contributed by atoms with Crippen LogP contribution >= 0.6 is 0 Å². The minimum atomic E-state index is -2.22. The number of hydrogen-bond donors (Lipinski definition) is 0. The van der Waals surface area contributed by atoms with Gasteiger partial charge in [0.1, 0.15) is 11.1 Å². The molecule has 0 bridgehead atoms. The molecule has 2 fully saturated rings. The summed E-state index contributed by atoms with van der Waals surface area (Å²) in [4.78, 5) is 41.1. The number of methoxy groups -OCH3 is 1. The van der Waals surface area contributed by atoms with Crippen LogP contribution in [0.1, 0.15) is 18.9 Å². The highest BCUT2D eigenvalue weighted by molar-refractivity contribution is 6.70. The molecule has 0 N–H and O–H groups in total. The van der Waals surface area contributed by atoms with E-state index in [1.54, 1.807) is 20.0 Å². The lowest BCUT2D eigenvalue weighted by atomic mass is 9.43. The van der Waals surface area contributed by atoms with Gasteiger partial charge >= 0.3 is 5.97 Å². The lowest BCUT2D eigenvalue weighted by molar-refractivity contribution is -0.224. The van der Waals surface area contributed by atoms with Crippen molar-refractivity contribution in [1.29, 1.82) is 0 Å². The first kappa shape index (κ1) is 22.2. The highest BCUT2D eigenvalue weighted by atomic mass is 28.4. The SMILES string of the molecule is CCOC(=O)[C@@]12C[C@](/C=C/OC)(O[Si](C)(C)C)[C@]1(c1ccccc1)N(C)C(=O)C2=O. The molecule has 1 saturated heterocycles. The van der Waals surface area contributed by atoms with Crippen molar-refractivity contribution < 1.29 is 28.3 Å². The number of nitrogens with zero attached hydrogens (tertiary/aromatic N) is 1. The Kier molecular flexibility index (Phi) is 5.45. The fraction of sp³-hybridized carbons (Fsp3) is 0.500. The van der Waals surface area contributed by atoms with Crippen LogP contribution in [0, 0.1) is 5.41 Å². The zero-order valence-electron chi connectivity index (χ0n) is 18.4. The molecule has 0 unspecified atom stereocenters. The summed E-state index contributed by atoms with van der Waals surface area (Å²) in [5.41, 5.74) is -3.55. The number of likely N-dealkylation sites (N-methyl/N-ethyl adjacent to an activating group) is 1. The molecular formula is C22H29NO6Si. The van der Waals surface area contributed by atoms with Crippen LogP contribution in [0.15, 0.2) is 42.7 Å². The number of fused-ring (bicyclic) bond motifs is 1. The number of esters is 1. The highest BCUT2D eigenvalue weighted by Gasteiger charge is 2.88. The first-order valence-corrected chi connectivity index (χ1v) is 13.4. The van der Waals surface area contributed by atoms with Gasteiger partial charge in [0.25, 0.3) is 5.91 Å². The number of rotatable bonds is 7. The van der Waals surface area contributed by atoms with E-state index in [9.17, 15) is 14.4 Å². The maximum absolute atomic E-state index is 13.3. The second-order valence-electron chi connectivity index (χ2n) is 8.71. The van der Waals surface area contributed by atoms with Crippen LogP contribution in [0.5, 0.6) is 0 Å². The minimum Gasteiger partial charge on any atom is -0.505 e. The Morgan fingerprint density at radius 1 is 1.20 bits per heavy atom. The molecular weight excluding hydrogens is 402 g/mol. The number of hydrogen-bond acceptors (Lipinski definition) is 6. The lowest BCUT2D eigenvalue weighted by Crippen LogP contribution is -2.80. The van der Waals surface area contributed by atoms with Gasteiger partial charge in [-0.3, -0.25) is 14.4 Å². The van der Waals surface area contributed by atoms with Crippen molar-refractivity contribution in [2.45, 2.75) is 44.1 Å². The molecule has 1 amide bonds. The molecule has 1 aliphatic carbocycles. The maximum atomic E-state index is 13.3. The molecule has 3 atom stereocenters. The maximum Gasteiger partial charge on any atom is 0.323 e. The first-order chi connectivity index (χ1) is 14.0. The molecule has 1 aromatic carbocycles. The normalized spacial score (nSPS) is 30.9. The van der Waals surface area contributed by atoms with Crippen molar-refractivity contribution >= 4 is 26.0 Å². The summed E-state index contributed by atoms with van der Waals surface area (Å²) < 4.78 is 17.2. The van der Waals surface area contributed by atoms with Gasteiger partial charge in [0.15, 0.2) is 13.7 Å². The van der Waals surface area contributed by atoms with E-state index in [4.69, 9.17) is 13.9 Å². The summed E-state index contributed by atoms with van der Waals surface area (Å²) in [6, 6.07) is 9.12. The predicted molar refractivity (Wildman–Crippen MR) is 113 cm³/mol. The Hall–Kier alpha value is -2.45. The molecule has 2 aliphatic rings. The summed E-state index contributed by atoms with van der Waals surface area (Å²) >= 11 is 0. The summed E-state index contributed by atoms with van der Waals surface area (Å²) in [6.07, 6.45) is 3.23. The zero-order chi connectivity index (χ0) is 22.4. The van der Waals surface area contributed by atoms with Gasteiger partial charge in [0.05, 0.1) is 20.0 Å². The van der Waals surface area contributed by atoms with Crippen molar-refractivity contribution in [3.63, 3.8) is 0 Å². The molecule has 1 heterocycles. The van der Waals surface area contributed by atoms with E-state index < -0.39 is 42.5 Å². The number of likely N-dealkylation sites (tertiary alicyclic amines) is 1. The third-order valence-corrected chi connectivity index (χ3v) is 6.90. The van der Waals surface area contributed by atoms with Gasteiger partial charge in [-0.2, -0.15) is 0 Å². The van der Waals surface area contributed by atoms with Crippen molar-refractivity contribution in [1.82, 2.24) is 4.90 Å². The highest BCUT2D eigenvalue weighted by Crippen LogP contribution is 2.71. The fourth-order valence-corrected chi connectivity index (χ4v) is 6.57. The topological polar surface area (TPSA) is 82.1 Å². The Bertz CT molecular complexity index is 895. The molecule has 0 radical (unpaired) electrons. The van der Waals surface area contributed by atoms with Gasteiger partial charge in [0, 0.05) is 13.5 Å². The largest absolute Gasteiger partial charge is 0.505 e. The minimum absolute atomic E-state index is 0.00672. The molecule has 30 heavy (non-hydrogen) atoms. The molecule has 1 aliphatic heterocycles. The monoisotopic (exact) mass is 431 g/mol. The quantitative estimate of drug-likeness (QED) is 0.217. The Morgan fingerprint density at radius 2 is 1.83 bits per heavy atom. The average molecular weight is 432 g/mol. The fourth-order valence-electron chi connectivity index (χ4n) is 5.18. The number of ketones is 1. The van der Waals surface area contributed by atoms with E-state index in [2.05, 4.69) is 0 Å². The van der Waals surface area contributed by atoms with Crippen molar-refractivity contribution in [2.24, 2.45) is 5.41 Å². The number of carbonyl (C=O) groups excluding carboxylic acids is 3. The van der Waals surface area contributed by atoms with Gasteiger partial charge in [-0.25, -0.2) is 0 Å². The summed E-state index contributed by atoms with van der Waals surface area (Å²) in [7, 11) is 0.845. The summed E-state index contributed by atoms with van der Waals surface area (Å²) in [6.45, 7) is 7.86. The first-order valence-electron chi connectivity index (χ1n) is 10.00. The Labute approximate surface area is 178 Å². The molecule has 0 aromatic heterocycles. The van der Waals surface area contributed by atoms with E-state index in [0.717, 1.165) is 0 Å². The van der Waals surface area contributed by atoms with E-state index in [0.29, 0.717) is 5.56 Å². The molecule has 8 heteroatoms. The van der Waals surface area contributed by atoms with Crippen LogP contribution in [-0.2, 0) is 33.8 Å². The number of Topliss-reactive ketones (excluding diaryl/α,β-unsaturated/α-hetero) is 1. The van der Waals surface area contributed by atoms with Gasteiger partial charge in [-0.15, -0.1) is 0 Å². The van der Waals surface area contributed by atoms with Crippen LogP contribution in [0.4, 0.5) is 0 Å². The third-order valence-electron chi connectivity index (χ3n) is 5.92. The Balaban J connectivity index is 2.39. The van der Waals surface area contributed by atoms with Gasteiger partial charge in [0.2, 0.25) is 5.78 Å². The van der Waals surface area contributed by atoms with Crippen LogP contribution in [0.25, 0.3) is 0 Å². The van der Waals surface area contributed by atoms with Crippen molar-refractivity contribution in [3.8, 4) is 0 Å². The zero-order valence-corrected chi connectivity index (χ0v) is 19.4. The van der Waals surface area contributed by atoms with E-state index in [-0.39, 0.29) is 13.0 Å². The molecule has 1 saturated carbocycles. The van der Waals surface area contributed by atoms with Gasteiger partial charge in [-0.1, -0.05) is 30.3 Å². The Morgan fingerprint density at radius 3 is 2.37 bits per heavy atom. The molecule has 162 valence electrons. The van der Waals surface area contributed by atoms with Crippen LogP contribution in [-0.4, -0.2) is 57.2 Å².